The number of rotatable bonds is 3. The molecular formula is C17H18F3N3O3S. The van der Waals surface area contributed by atoms with E-state index in [0.29, 0.717) is 23.5 Å². The lowest BCUT2D eigenvalue weighted by Crippen LogP contribution is -2.16. The number of nitrogens with one attached hydrogen (secondary N) is 1. The van der Waals surface area contributed by atoms with Crippen molar-refractivity contribution < 1.29 is 26.4 Å². The molecule has 0 spiro atoms. The molecule has 3 rings (SSSR count). The van der Waals surface area contributed by atoms with Crippen molar-refractivity contribution in [2.24, 2.45) is 0 Å². The topological polar surface area (TPSA) is 81.1 Å². The Labute approximate surface area is 154 Å². The molecule has 1 N–H and O–H groups in total. The van der Waals surface area contributed by atoms with E-state index in [2.05, 4.69) is 10.4 Å². The van der Waals surface area contributed by atoms with Gasteiger partial charge in [0.05, 0.1) is 40.2 Å². The first-order valence-corrected chi connectivity index (χ1v) is 10.0. The average Bonchev–Trinajstić information content (AvgIpc) is 3.07. The summed E-state index contributed by atoms with van der Waals surface area (Å²) in [6.45, 7) is 3.39. The van der Waals surface area contributed by atoms with E-state index >= 15 is 0 Å². The van der Waals surface area contributed by atoms with E-state index in [1.54, 1.807) is 18.5 Å². The molecule has 1 aliphatic heterocycles. The number of halogens is 3. The molecule has 6 nitrogen and oxygen atoms in total. The zero-order valence-corrected chi connectivity index (χ0v) is 15.5. The summed E-state index contributed by atoms with van der Waals surface area (Å²) in [5, 5.41) is 7.00. The molecule has 1 aromatic carbocycles. The second-order valence-electron chi connectivity index (χ2n) is 6.58. The van der Waals surface area contributed by atoms with Gasteiger partial charge in [-0.25, -0.2) is 8.42 Å². The summed E-state index contributed by atoms with van der Waals surface area (Å²) in [7, 11) is -3.09. The van der Waals surface area contributed by atoms with Gasteiger partial charge in [0.1, 0.15) is 0 Å². The van der Waals surface area contributed by atoms with Gasteiger partial charge in [0.2, 0.25) is 0 Å². The lowest BCUT2D eigenvalue weighted by molar-refractivity contribution is -0.137. The summed E-state index contributed by atoms with van der Waals surface area (Å²) in [6.07, 6.45) is -4.01. The van der Waals surface area contributed by atoms with Gasteiger partial charge in [-0.15, -0.1) is 0 Å². The number of nitrogens with zero attached hydrogens (tertiary/aromatic N) is 2. The number of aryl methyl sites for hydroxylation is 1. The first-order chi connectivity index (χ1) is 12.5. The number of carbonyl (C=O) groups is 1. The Kier molecular flexibility index (Phi) is 4.79. The average molecular weight is 401 g/mol. The molecule has 10 heteroatoms. The highest BCUT2D eigenvalue weighted by molar-refractivity contribution is 7.91. The van der Waals surface area contributed by atoms with E-state index in [4.69, 9.17) is 0 Å². The largest absolute Gasteiger partial charge is 0.416 e. The highest BCUT2D eigenvalue weighted by atomic mass is 32.2. The fourth-order valence-corrected chi connectivity index (χ4v) is 4.86. The summed E-state index contributed by atoms with van der Waals surface area (Å²) in [4.78, 5) is 12.4. The van der Waals surface area contributed by atoms with Gasteiger partial charge in [-0.05, 0) is 44.5 Å². The number of carbonyl (C=O) groups excluding carboxylic acids is 1. The van der Waals surface area contributed by atoms with Crippen LogP contribution in [0.2, 0.25) is 0 Å². The maximum Gasteiger partial charge on any atom is 0.416 e. The molecule has 1 aliphatic rings. The number of benzene rings is 1. The molecule has 1 saturated heterocycles. The highest BCUT2D eigenvalue weighted by Gasteiger charge is 2.32. The van der Waals surface area contributed by atoms with Gasteiger partial charge in [-0.3, -0.25) is 9.48 Å². The number of anilines is 1. The molecule has 0 saturated carbocycles. The van der Waals surface area contributed by atoms with Gasteiger partial charge >= 0.3 is 6.18 Å². The summed E-state index contributed by atoms with van der Waals surface area (Å²) in [5.41, 5.74) is 0.802. The van der Waals surface area contributed by atoms with Gasteiger partial charge in [0.25, 0.3) is 5.91 Å². The Hall–Kier alpha value is -2.36. The minimum Gasteiger partial charge on any atom is -0.319 e. The monoisotopic (exact) mass is 401 g/mol. The molecule has 0 bridgehead atoms. The predicted molar refractivity (Wildman–Crippen MR) is 93.4 cm³/mol. The number of sulfone groups is 1. The SMILES string of the molecule is Cc1nn(C2CCS(=O)(=O)C2)c(C)c1NC(=O)c1ccc(C(F)(F)F)cc1. The van der Waals surface area contributed by atoms with Crippen LogP contribution in [0.25, 0.3) is 0 Å². The van der Waals surface area contributed by atoms with Crippen molar-refractivity contribution in [1.82, 2.24) is 9.78 Å². The first-order valence-electron chi connectivity index (χ1n) is 8.23. The van der Waals surface area contributed by atoms with Crippen LogP contribution in [0.5, 0.6) is 0 Å². The van der Waals surface area contributed by atoms with Gasteiger partial charge in [-0.1, -0.05) is 0 Å². The van der Waals surface area contributed by atoms with E-state index in [0.717, 1.165) is 24.3 Å². The molecule has 27 heavy (non-hydrogen) atoms. The number of amides is 1. The highest BCUT2D eigenvalue weighted by Crippen LogP contribution is 2.31. The predicted octanol–water partition coefficient (Wildman–Crippen LogP) is 3.13. The van der Waals surface area contributed by atoms with E-state index in [-0.39, 0.29) is 23.1 Å². The molecule has 1 fully saturated rings. The molecule has 1 atom stereocenters. The third kappa shape index (κ3) is 4.00. The number of aromatic nitrogens is 2. The molecule has 146 valence electrons. The van der Waals surface area contributed by atoms with Gasteiger partial charge in [0, 0.05) is 5.56 Å². The van der Waals surface area contributed by atoms with Crippen LogP contribution in [0.1, 0.15) is 39.8 Å². The molecule has 1 amide bonds. The van der Waals surface area contributed by atoms with Crippen molar-refractivity contribution >= 4 is 21.4 Å². The summed E-state index contributed by atoms with van der Waals surface area (Å²) in [5.74, 6) is -0.460. The summed E-state index contributed by atoms with van der Waals surface area (Å²) >= 11 is 0. The Balaban J connectivity index is 1.81. The van der Waals surface area contributed by atoms with Crippen molar-refractivity contribution in [3.8, 4) is 0 Å². The standard InChI is InChI=1S/C17H18F3N3O3S/c1-10-15(11(2)23(22-10)14-7-8-27(25,26)9-14)21-16(24)12-3-5-13(6-4-12)17(18,19)20/h3-6,14H,7-9H2,1-2H3,(H,21,24). The van der Waals surface area contributed by atoms with E-state index in [1.807, 2.05) is 0 Å². The number of hydrogen-bond acceptors (Lipinski definition) is 4. The van der Waals surface area contributed by atoms with Crippen LogP contribution >= 0.6 is 0 Å². The zero-order valence-electron chi connectivity index (χ0n) is 14.7. The summed E-state index contributed by atoms with van der Waals surface area (Å²) in [6, 6.07) is 3.63. The van der Waals surface area contributed by atoms with Crippen molar-refractivity contribution in [2.45, 2.75) is 32.5 Å². The fourth-order valence-electron chi connectivity index (χ4n) is 3.16. The van der Waals surface area contributed by atoms with Gasteiger partial charge in [-0.2, -0.15) is 18.3 Å². The molecule has 2 aromatic rings. The first kappa shape index (κ1) is 19.4. The van der Waals surface area contributed by atoms with Crippen molar-refractivity contribution in [3.05, 3.63) is 46.8 Å². The second-order valence-corrected chi connectivity index (χ2v) is 8.81. The Morgan fingerprint density at radius 1 is 1.22 bits per heavy atom. The van der Waals surface area contributed by atoms with E-state index in [9.17, 15) is 26.4 Å². The van der Waals surface area contributed by atoms with Gasteiger partial charge in [0.15, 0.2) is 9.84 Å². The van der Waals surface area contributed by atoms with Crippen molar-refractivity contribution in [1.29, 1.82) is 0 Å². The molecule has 2 heterocycles. The minimum atomic E-state index is -4.47. The molecule has 0 radical (unpaired) electrons. The van der Waals surface area contributed by atoms with Crippen LogP contribution in [-0.4, -0.2) is 35.6 Å². The Morgan fingerprint density at radius 2 is 1.85 bits per heavy atom. The molecule has 0 aliphatic carbocycles. The van der Waals surface area contributed by atoms with Crippen molar-refractivity contribution in [2.75, 3.05) is 16.8 Å². The van der Waals surface area contributed by atoms with E-state index in [1.165, 1.54) is 0 Å². The van der Waals surface area contributed by atoms with Crippen molar-refractivity contribution in [3.63, 3.8) is 0 Å². The lowest BCUT2D eigenvalue weighted by atomic mass is 10.1. The Morgan fingerprint density at radius 3 is 2.37 bits per heavy atom. The van der Waals surface area contributed by atoms with Crippen LogP contribution in [-0.2, 0) is 16.0 Å². The quantitative estimate of drug-likeness (QED) is 0.857. The molecule has 1 aromatic heterocycles. The molecule has 1 unspecified atom stereocenters. The Bertz CT molecular complexity index is 979. The minimum absolute atomic E-state index is 0.00124. The van der Waals surface area contributed by atoms with Gasteiger partial charge < -0.3 is 5.32 Å². The third-order valence-corrected chi connectivity index (χ3v) is 6.34. The lowest BCUT2D eigenvalue weighted by Gasteiger charge is -2.12. The number of alkyl halides is 3. The fraction of sp³-hybridized carbons (Fsp3) is 0.412. The van der Waals surface area contributed by atoms with Crippen LogP contribution < -0.4 is 5.32 Å². The second kappa shape index (κ2) is 6.66. The maximum atomic E-state index is 12.6. The smallest absolute Gasteiger partial charge is 0.319 e. The van der Waals surface area contributed by atoms with Crippen LogP contribution in [0.15, 0.2) is 24.3 Å². The van der Waals surface area contributed by atoms with Crippen LogP contribution in [0, 0.1) is 13.8 Å². The van der Waals surface area contributed by atoms with Crippen LogP contribution in [0.4, 0.5) is 18.9 Å². The third-order valence-electron chi connectivity index (χ3n) is 4.59. The zero-order chi connectivity index (χ0) is 20.0. The maximum absolute atomic E-state index is 12.6. The van der Waals surface area contributed by atoms with Crippen LogP contribution in [0.3, 0.4) is 0 Å². The van der Waals surface area contributed by atoms with E-state index < -0.39 is 27.5 Å². The number of hydrogen-bond donors (Lipinski definition) is 1. The normalized spacial score (nSPS) is 19.2. The summed E-state index contributed by atoms with van der Waals surface area (Å²) < 4.78 is 62.8. The molecular weight excluding hydrogens is 383 g/mol.